The molecule has 1 aliphatic rings. The highest BCUT2D eigenvalue weighted by Crippen LogP contribution is 2.18. The molecule has 1 rings (SSSR count). The number of hydrogen-bond donors (Lipinski definition) is 2. The Kier molecular flexibility index (Phi) is 5.77. The molecule has 0 spiro atoms. The zero-order valence-corrected chi connectivity index (χ0v) is 11.3. The second kappa shape index (κ2) is 7.10. The second-order valence-corrected chi connectivity index (χ2v) is 4.58. The van der Waals surface area contributed by atoms with Gasteiger partial charge in [0.1, 0.15) is 11.9 Å². The molecule has 8 nitrogen and oxygen atoms in total. The van der Waals surface area contributed by atoms with E-state index >= 15 is 0 Å². The first-order chi connectivity index (χ1) is 8.93. The molecule has 1 atom stereocenters. The Morgan fingerprint density at radius 3 is 2.84 bits per heavy atom. The van der Waals surface area contributed by atoms with Crippen molar-refractivity contribution < 1.29 is 24.3 Å². The smallest absolute Gasteiger partial charge is 0.356 e. The average Bonchev–Trinajstić information content (AvgIpc) is 2.76. The van der Waals surface area contributed by atoms with Crippen LogP contribution in [-0.2, 0) is 19.2 Å². The molecule has 104 valence electrons. The molecule has 2 N–H and O–H groups in total. The van der Waals surface area contributed by atoms with Crippen LogP contribution in [0.1, 0.15) is 6.92 Å². The molecule has 19 heavy (non-hydrogen) atoms. The lowest BCUT2D eigenvalue weighted by atomic mass is 10.2. The van der Waals surface area contributed by atoms with Crippen LogP contribution in [-0.4, -0.2) is 51.5 Å². The SMILES string of the molecule is CC(=O)ON=C(C(=O)O)C1CSC(NC(=O)CCl)=N1. The summed E-state index contributed by atoms with van der Waals surface area (Å²) in [4.78, 5) is 40.9. The number of amidine groups is 1. The molecule has 0 radical (unpaired) electrons. The molecule has 0 fully saturated rings. The Labute approximate surface area is 117 Å². The van der Waals surface area contributed by atoms with Crippen LogP contribution in [0.2, 0.25) is 0 Å². The zero-order valence-electron chi connectivity index (χ0n) is 9.75. The number of carboxylic acid groups (broad SMARTS) is 1. The van der Waals surface area contributed by atoms with Crippen molar-refractivity contribution in [3.63, 3.8) is 0 Å². The Balaban J connectivity index is 2.77. The molecule has 10 heteroatoms. The lowest BCUT2D eigenvalue weighted by Crippen LogP contribution is -2.30. The van der Waals surface area contributed by atoms with Gasteiger partial charge in [-0.05, 0) is 0 Å². The van der Waals surface area contributed by atoms with Crippen LogP contribution < -0.4 is 5.32 Å². The lowest BCUT2D eigenvalue weighted by molar-refractivity contribution is -0.141. The average molecular weight is 308 g/mol. The molecule has 1 aliphatic heterocycles. The minimum Gasteiger partial charge on any atom is -0.477 e. The molecule has 1 unspecified atom stereocenters. The Hall–Kier alpha value is -1.61. The fraction of sp³-hybridized carbons (Fsp3) is 0.444. The third-order valence-corrected chi connectivity index (χ3v) is 3.03. The van der Waals surface area contributed by atoms with Gasteiger partial charge in [-0.3, -0.25) is 9.79 Å². The summed E-state index contributed by atoms with van der Waals surface area (Å²) in [5, 5.41) is 14.9. The van der Waals surface area contributed by atoms with Crippen molar-refractivity contribution in [3.8, 4) is 0 Å². The second-order valence-electron chi connectivity index (χ2n) is 3.31. The number of carbonyl (C=O) groups excluding carboxylic acids is 2. The van der Waals surface area contributed by atoms with E-state index in [0.29, 0.717) is 0 Å². The number of nitrogens with zero attached hydrogens (tertiary/aromatic N) is 2. The van der Waals surface area contributed by atoms with Gasteiger partial charge in [0, 0.05) is 12.7 Å². The van der Waals surface area contributed by atoms with E-state index in [0.717, 1.165) is 18.7 Å². The number of oxime groups is 1. The summed E-state index contributed by atoms with van der Waals surface area (Å²) in [7, 11) is 0. The van der Waals surface area contributed by atoms with E-state index < -0.39 is 29.6 Å². The number of halogens is 1. The van der Waals surface area contributed by atoms with Crippen molar-refractivity contribution in [2.75, 3.05) is 11.6 Å². The molecule has 1 heterocycles. The normalized spacial score (nSPS) is 18.7. The summed E-state index contributed by atoms with van der Waals surface area (Å²) in [6, 6.07) is -0.799. The molecule has 0 saturated carbocycles. The molecule has 1 amide bonds. The van der Waals surface area contributed by atoms with Gasteiger partial charge in [-0.15, -0.1) is 11.6 Å². The van der Waals surface area contributed by atoms with Crippen LogP contribution in [0.4, 0.5) is 0 Å². The fourth-order valence-corrected chi connectivity index (χ4v) is 2.09. The number of carboxylic acids is 1. The van der Waals surface area contributed by atoms with E-state index in [1.165, 1.54) is 0 Å². The first kappa shape index (κ1) is 15.4. The summed E-state index contributed by atoms with van der Waals surface area (Å²) in [6.07, 6.45) is 0. The third kappa shape index (κ3) is 4.87. The molecule has 0 aliphatic carbocycles. The van der Waals surface area contributed by atoms with E-state index in [9.17, 15) is 14.4 Å². The summed E-state index contributed by atoms with van der Waals surface area (Å²) < 4.78 is 0. The van der Waals surface area contributed by atoms with Gasteiger partial charge in [-0.1, -0.05) is 16.9 Å². The van der Waals surface area contributed by atoms with Crippen molar-refractivity contribution in [1.29, 1.82) is 0 Å². The van der Waals surface area contributed by atoms with Gasteiger partial charge in [0.15, 0.2) is 10.9 Å². The van der Waals surface area contributed by atoms with Gasteiger partial charge >= 0.3 is 11.9 Å². The third-order valence-electron chi connectivity index (χ3n) is 1.83. The number of nitrogens with one attached hydrogen (secondary N) is 1. The van der Waals surface area contributed by atoms with Gasteiger partial charge in [-0.2, -0.15) is 0 Å². The van der Waals surface area contributed by atoms with Crippen LogP contribution in [0, 0.1) is 0 Å². The molecule has 0 aromatic rings. The molecular formula is C9H10ClN3O5S. The largest absolute Gasteiger partial charge is 0.477 e. The summed E-state index contributed by atoms with van der Waals surface area (Å²) in [5.41, 5.74) is -0.405. The first-order valence-corrected chi connectivity index (χ1v) is 6.51. The van der Waals surface area contributed by atoms with Crippen molar-refractivity contribution in [2.45, 2.75) is 13.0 Å². The van der Waals surface area contributed by atoms with Gasteiger partial charge in [0.25, 0.3) is 0 Å². The lowest BCUT2D eigenvalue weighted by Gasteiger charge is -2.04. The number of rotatable bonds is 4. The Morgan fingerprint density at radius 2 is 2.32 bits per heavy atom. The minimum atomic E-state index is -1.35. The standard InChI is InChI=1S/C9H10ClN3O5S/c1-4(14)18-13-7(8(16)17)5-3-19-9(11-5)12-6(15)2-10/h5H,2-3H2,1H3,(H,16,17)(H,11,12,15). The number of alkyl halides is 1. The number of aliphatic carboxylic acids is 1. The Morgan fingerprint density at radius 1 is 1.63 bits per heavy atom. The number of carbonyl (C=O) groups is 3. The van der Waals surface area contributed by atoms with Crippen LogP contribution in [0.15, 0.2) is 10.1 Å². The number of thioether (sulfide) groups is 1. The molecule has 0 aromatic heterocycles. The van der Waals surface area contributed by atoms with Crippen LogP contribution in [0.3, 0.4) is 0 Å². The monoisotopic (exact) mass is 307 g/mol. The van der Waals surface area contributed by atoms with Gasteiger partial charge in [-0.25, -0.2) is 9.59 Å². The van der Waals surface area contributed by atoms with Crippen molar-refractivity contribution in [2.24, 2.45) is 10.1 Å². The van der Waals surface area contributed by atoms with Crippen LogP contribution in [0.5, 0.6) is 0 Å². The highest BCUT2D eigenvalue weighted by molar-refractivity contribution is 8.14. The quantitative estimate of drug-likeness (QED) is 0.322. The van der Waals surface area contributed by atoms with Crippen LogP contribution >= 0.6 is 23.4 Å². The summed E-state index contributed by atoms with van der Waals surface area (Å²) in [5.74, 6) is -2.48. The number of aliphatic imine (C=N–C) groups is 1. The molecule has 0 bridgehead atoms. The van der Waals surface area contributed by atoms with E-state index in [1.807, 2.05) is 0 Å². The first-order valence-electron chi connectivity index (χ1n) is 4.99. The van der Waals surface area contributed by atoms with E-state index in [1.54, 1.807) is 0 Å². The van der Waals surface area contributed by atoms with E-state index in [2.05, 4.69) is 20.3 Å². The summed E-state index contributed by atoms with van der Waals surface area (Å²) in [6.45, 7) is 1.10. The maximum atomic E-state index is 11.0. The van der Waals surface area contributed by atoms with E-state index in [4.69, 9.17) is 16.7 Å². The zero-order chi connectivity index (χ0) is 14.4. The van der Waals surface area contributed by atoms with Crippen molar-refractivity contribution in [1.82, 2.24) is 5.32 Å². The van der Waals surface area contributed by atoms with E-state index in [-0.39, 0.29) is 16.8 Å². The predicted octanol–water partition coefficient (Wildman–Crippen LogP) is -0.183. The maximum Gasteiger partial charge on any atom is 0.356 e. The van der Waals surface area contributed by atoms with Crippen molar-refractivity contribution >= 4 is 52.1 Å². The summed E-state index contributed by atoms with van der Waals surface area (Å²) >= 11 is 6.46. The topological polar surface area (TPSA) is 117 Å². The van der Waals surface area contributed by atoms with Gasteiger partial charge in [0.2, 0.25) is 5.91 Å². The highest BCUT2D eigenvalue weighted by Gasteiger charge is 2.29. The number of amides is 1. The molecular weight excluding hydrogens is 298 g/mol. The fourth-order valence-electron chi connectivity index (χ4n) is 1.09. The minimum absolute atomic E-state index is 0.225. The maximum absolute atomic E-state index is 11.0. The number of hydrogen-bond acceptors (Lipinski definition) is 7. The molecule has 0 saturated heterocycles. The predicted molar refractivity (Wildman–Crippen MR) is 69.4 cm³/mol. The highest BCUT2D eigenvalue weighted by atomic mass is 35.5. The Bertz CT molecular complexity index is 465. The van der Waals surface area contributed by atoms with Gasteiger partial charge in [0.05, 0.1) is 0 Å². The van der Waals surface area contributed by atoms with Gasteiger partial charge < -0.3 is 15.3 Å². The van der Waals surface area contributed by atoms with Crippen molar-refractivity contribution in [3.05, 3.63) is 0 Å². The molecule has 0 aromatic carbocycles. The van der Waals surface area contributed by atoms with Crippen LogP contribution in [0.25, 0.3) is 0 Å².